The number of carbonyl (C=O) groups excluding carboxylic acids is 1. The third-order valence-corrected chi connectivity index (χ3v) is 3.86. The normalized spacial score (nSPS) is 10.8. The highest BCUT2D eigenvalue weighted by Crippen LogP contribution is 2.25. The molecule has 0 heterocycles. The molecule has 7 heteroatoms. The second-order valence-electron chi connectivity index (χ2n) is 4.38. The van der Waals surface area contributed by atoms with E-state index < -0.39 is 5.91 Å². The van der Waals surface area contributed by atoms with Crippen molar-refractivity contribution in [1.29, 1.82) is 5.26 Å². The van der Waals surface area contributed by atoms with E-state index in [4.69, 9.17) is 40.1 Å². The standard InChI is InChI=1S/C16H10Cl3N3O/c17-12-6-5-11(7-14(12)19)22-16(23)10(8-20)9-21-15-4-2-1-3-13(15)18/h1-7,9,21H,(H,22,23)/b10-9-. The molecule has 0 aliphatic carbocycles. The molecule has 2 aromatic carbocycles. The summed E-state index contributed by atoms with van der Waals surface area (Å²) in [7, 11) is 0. The molecule has 2 N–H and O–H groups in total. The van der Waals surface area contributed by atoms with Gasteiger partial charge in [-0.3, -0.25) is 4.79 Å². The average molecular weight is 367 g/mol. The van der Waals surface area contributed by atoms with E-state index in [0.29, 0.717) is 26.4 Å². The van der Waals surface area contributed by atoms with E-state index in [-0.39, 0.29) is 5.57 Å². The number of amides is 1. The van der Waals surface area contributed by atoms with Gasteiger partial charge >= 0.3 is 0 Å². The van der Waals surface area contributed by atoms with E-state index in [1.165, 1.54) is 12.3 Å². The molecule has 0 saturated heterocycles. The van der Waals surface area contributed by atoms with Crippen molar-refractivity contribution in [3.8, 4) is 6.07 Å². The first-order valence-corrected chi connectivity index (χ1v) is 7.52. The Bertz CT molecular complexity index is 812. The van der Waals surface area contributed by atoms with Crippen molar-refractivity contribution in [3.05, 3.63) is 69.3 Å². The topological polar surface area (TPSA) is 64.9 Å². The smallest absolute Gasteiger partial charge is 0.267 e. The lowest BCUT2D eigenvalue weighted by Gasteiger charge is -2.07. The molecule has 0 aliphatic rings. The molecule has 2 rings (SSSR count). The lowest BCUT2D eigenvalue weighted by Crippen LogP contribution is -2.14. The highest BCUT2D eigenvalue weighted by Gasteiger charge is 2.10. The number of carbonyl (C=O) groups is 1. The Morgan fingerprint density at radius 1 is 1.04 bits per heavy atom. The zero-order valence-electron chi connectivity index (χ0n) is 11.6. The third-order valence-electron chi connectivity index (χ3n) is 2.79. The van der Waals surface area contributed by atoms with Crippen LogP contribution < -0.4 is 10.6 Å². The highest BCUT2D eigenvalue weighted by molar-refractivity contribution is 6.42. The van der Waals surface area contributed by atoms with Gasteiger partial charge in [-0.05, 0) is 30.3 Å². The summed E-state index contributed by atoms with van der Waals surface area (Å²) in [4.78, 5) is 12.1. The fraction of sp³-hybridized carbons (Fsp3) is 0. The van der Waals surface area contributed by atoms with E-state index in [1.54, 1.807) is 36.4 Å². The maximum Gasteiger partial charge on any atom is 0.267 e. The minimum atomic E-state index is -0.578. The fourth-order valence-corrected chi connectivity index (χ4v) is 2.14. The average Bonchev–Trinajstić information content (AvgIpc) is 2.53. The van der Waals surface area contributed by atoms with Crippen LogP contribution in [0.5, 0.6) is 0 Å². The minimum Gasteiger partial charge on any atom is -0.359 e. The molecule has 0 unspecified atom stereocenters. The van der Waals surface area contributed by atoms with Gasteiger partial charge in [-0.1, -0.05) is 46.9 Å². The molecular formula is C16H10Cl3N3O. The quantitative estimate of drug-likeness (QED) is 0.584. The van der Waals surface area contributed by atoms with Crippen molar-refractivity contribution in [2.45, 2.75) is 0 Å². The molecule has 0 radical (unpaired) electrons. The van der Waals surface area contributed by atoms with Crippen LogP contribution in [0.3, 0.4) is 0 Å². The lowest BCUT2D eigenvalue weighted by molar-refractivity contribution is -0.112. The summed E-state index contributed by atoms with van der Waals surface area (Å²) in [5.74, 6) is -0.578. The molecule has 0 bridgehead atoms. The second-order valence-corrected chi connectivity index (χ2v) is 5.60. The predicted octanol–water partition coefficient (Wildman–Crippen LogP) is 5.10. The molecule has 0 aromatic heterocycles. The number of nitriles is 1. The summed E-state index contributed by atoms with van der Waals surface area (Å²) in [6, 6.07) is 13.4. The summed E-state index contributed by atoms with van der Waals surface area (Å²) < 4.78 is 0. The molecule has 0 aliphatic heterocycles. The lowest BCUT2D eigenvalue weighted by atomic mass is 10.2. The van der Waals surface area contributed by atoms with Crippen LogP contribution in [0.25, 0.3) is 0 Å². The Morgan fingerprint density at radius 2 is 1.78 bits per heavy atom. The first-order chi connectivity index (χ1) is 11.0. The molecule has 116 valence electrons. The molecule has 1 amide bonds. The van der Waals surface area contributed by atoms with Gasteiger partial charge in [-0.15, -0.1) is 0 Å². The van der Waals surface area contributed by atoms with Crippen molar-refractivity contribution < 1.29 is 4.79 Å². The molecule has 23 heavy (non-hydrogen) atoms. The van der Waals surface area contributed by atoms with Crippen LogP contribution in [0, 0.1) is 11.3 Å². The largest absolute Gasteiger partial charge is 0.359 e. The second kappa shape index (κ2) is 7.89. The van der Waals surface area contributed by atoms with Gasteiger partial charge < -0.3 is 10.6 Å². The van der Waals surface area contributed by atoms with Crippen LogP contribution >= 0.6 is 34.8 Å². The maximum atomic E-state index is 12.1. The number of rotatable bonds is 4. The van der Waals surface area contributed by atoms with Gasteiger partial charge in [-0.25, -0.2) is 0 Å². The van der Waals surface area contributed by atoms with Crippen LogP contribution in [-0.4, -0.2) is 5.91 Å². The van der Waals surface area contributed by atoms with E-state index in [1.807, 2.05) is 6.07 Å². The van der Waals surface area contributed by atoms with Crippen LogP contribution in [0.2, 0.25) is 15.1 Å². The number of nitrogens with one attached hydrogen (secondary N) is 2. The van der Waals surface area contributed by atoms with Crippen molar-refractivity contribution in [2.75, 3.05) is 10.6 Å². The number of hydrogen-bond acceptors (Lipinski definition) is 3. The van der Waals surface area contributed by atoms with Gasteiger partial charge in [0, 0.05) is 11.9 Å². The number of benzene rings is 2. The van der Waals surface area contributed by atoms with Crippen molar-refractivity contribution in [2.24, 2.45) is 0 Å². The summed E-state index contributed by atoms with van der Waals surface area (Å²) >= 11 is 17.7. The van der Waals surface area contributed by atoms with Gasteiger partial charge in [0.05, 0.1) is 20.8 Å². The fourth-order valence-electron chi connectivity index (χ4n) is 1.65. The Kier molecular flexibility index (Phi) is 5.89. The molecule has 0 saturated carbocycles. The van der Waals surface area contributed by atoms with Crippen LogP contribution in [0.15, 0.2) is 54.2 Å². The Hall–Kier alpha value is -2.19. The van der Waals surface area contributed by atoms with Gasteiger partial charge in [0.1, 0.15) is 11.6 Å². The maximum absolute atomic E-state index is 12.1. The van der Waals surface area contributed by atoms with Crippen molar-refractivity contribution in [1.82, 2.24) is 0 Å². The number of para-hydroxylation sites is 1. The molecule has 0 atom stereocenters. The molecule has 4 nitrogen and oxygen atoms in total. The summed E-state index contributed by atoms with van der Waals surface area (Å²) in [5.41, 5.74) is 0.906. The summed E-state index contributed by atoms with van der Waals surface area (Å²) in [6.45, 7) is 0. The van der Waals surface area contributed by atoms with Crippen LogP contribution in [-0.2, 0) is 4.79 Å². The molecule has 2 aromatic rings. The van der Waals surface area contributed by atoms with Crippen molar-refractivity contribution >= 4 is 52.1 Å². The predicted molar refractivity (Wildman–Crippen MR) is 93.9 cm³/mol. The van der Waals surface area contributed by atoms with Gasteiger partial charge in [0.15, 0.2) is 0 Å². The van der Waals surface area contributed by atoms with Crippen LogP contribution in [0.4, 0.5) is 11.4 Å². The molecule has 0 spiro atoms. The number of halogens is 3. The van der Waals surface area contributed by atoms with E-state index >= 15 is 0 Å². The van der Waals surface area contributed by atoms with E-state index in [2.05, 4.69) is 10.6 Å². The first kappa shape index (κ1) is 17.2. The van der Waals surface area contributed by atoms with E-state index in [9.17, 15) is 4.79 Å². The van der Waals surface area contributed by atoms with Gasteiger partial charge in [0.25, 0.3) is 5.91 Å². The minimum absolute atomic E-state index is 0.115. The summed E-state index contributed by atoms with van der Waals surface area (Å²) in [6.07, 6.45) is 1.29. The zero-order chi connectivity index (χ0) is 16.8. The monoisotopic (exact) mass is 365 g/mol. The van der Waals surface area contributed by atoms with Gasteiger partial charge in [0.2, 0.25) is 0 Å². The molecule has 0 fully saturated rings. The van der Waals surface area contributed by atoms with Gasteiger partial charge in [-0.2, -0.15) is 5.26 Å². The van der Waals surface area contributed by atoms with E-state index in [0.717, 1.165) is 0 Å². The SMILES string of the molecule is N#C/C(=C/Nc1ccccc1Cl)C(=O)Nc1ccc(Cl)c(Cl)c1. The zero-order valence-corrected chi connectivity index (χ0v) is 13.9. The molecular weight excluding hydrogens is 357 g/mol. The highest BCUT2D eigenvalue weighted by atomic mass is 35.5. The Morgan fingerprint density at radius 3 is 2.43 bits per heavy atom. The number of anilines is 2. The number of hydrogen-bond donors (Lipinski definition) is 2. The van der Waals surface area contributed by atoms with Crippen LogP contribution in [0.1, 0.15) is 0 Å². The Balaban J connectivity index is 2.12. The Labute approximate surface area is 148 Å². The first-order valence-electron chi connectivity index (χ1n) is 6.39. The summed E-state index contributed by atoms with van der Waals surface area (Å²) in [5, 5.41) is 15.7. The number of nitrogens with zero attached hydrogens (tertiary/aromatic N) is 1. The third kappa shape index (κ3) is 4.64. The van der Waals surface area contributed by atoms with Crippen molar-refractivity contribution in [3.63, 3.8) is 0 Å².